The molecule has 0 saturated carbocycles. The van der Waals surface area contributed by atoms with Crippen molar-refractivity contribution in [2.75, 3.05) is 12.4 Å². The smallest absolute Gasteiger partial charge is 0.252 e. The Morgan fingerprint density at radius 3 is 2.88 bits per heavy atom. The maximum atomic E-state index is 13.3. The van der Waals surface area contributed by atoms with Gasteiger partial charge in [-0.2, -0.15) is 0 Å². The van der Waals surface area contributed by atoms with E-state index < -0.39 is 0 Å². The van der Waals surface area contributed by atoms with E-state index in [0.29, 0.717) is 37.1 Å². The Hall–Kier alpha value is -3.39. The second kappa shape index (κ2) is 9.40. The van der Waals surface area contributed by atoms with Crippen LogP contribution in [0.3, 0.4) is 0 Å². The van der Waals surface area contributed by atoms with Crippen molar-refractivity contribution in [2.45, 2.75) is 25.4 Å². The third kappa shape index (κ3) is 4.31. The molecule has 0 bridgehead atoms. The zero-order chi connectivity index (χ0) is 22.7. The first-order valence-corrected chi connectivity index (χ1v) is 11.0. The van der Waals surface area contributed by atoms with Crippen molar-refractivity contribution >= 4 is 40.3 Å². The fraction of sp³-hybridized carbons (Fsp3) is 0.304. The van der Waals surface area contributed by atoms with Crippen molar-refractivity contribution in [1.82, 2.24) is 25.5 Å². The quantitative estimate of drug-likeness (QED) is 0.182. The third-order valence-corrected chi connectivity index (χ3v) is 5.91. The van der Waals surface area contributed by atoms with Crippen molar-refractivity contribution in [3.05, 3.63) is 65.0 Å². The summed E-state index contributed by atoms with van der Waals surface area (Å²) in [5, 5.41) is 16.5. The minimum atomic E-state index is -0.368. The SMILES string of the molecule is Cn1c(C(CCCNC(=N)CCl)NC(=O)c2cccc3c2C(=O)NC3)nc2ccccc21. The number of fused-ring (bicyclic) bond motifs is 2. The number of imidazole rings is 1. The highest BCUT2D eigenvalue weighted by Gasteiger charge is 2.28. The monoisotopic (exact) mass is 452 g/mol. The average molecular weight is 453 g/mol. The first kappa shape index (κ1) is 21.8. The Labute approximate surface area is 190 Å². The molecule has 1 atom stereocenters. The summed E-state index contributed by atoms with van der Waals surface area (Å²) in [7, 11) is 1.93. The number of benzene rings is 2. The molecule has 0 spiro atoms. The third-order valence-electron chi connectivity index (χ3n) is 5.64. The summed E-state index contributed by atoms with van der Waals surface area (Å²) in [6.07, 6.45) is 1.30. The fourth-order valence-corrected chi connectivity index (χ4v) is 4.13. The molecule has 1 unspecified atom stereocenters. The summed E-state index contributed by atoms with van der Waals surface area (Å²) in [5.74, 6) is 0.600. The highest BCUT2D eigenvalue weighted by atomic mass is 35.5. The molecule has 2 heterocycles. The second-order valence-electron chi connectivity index (χ2n) is 7.75. The fourth-order valence-electron chi connectivity index (χ4n) is 4.04. The van der Waals surface area contributed by atoms with E-state index in [1.165, 1.54) is 0 Å². The molecule has 2 amide bonds. The van der Waals surface area contributed by atoms with Gasteiger partial charge >= 0.3 is 0 Å². The predicted molar refractivity (Wildman–Crippen MR) is 124 cm³/mol. The molecular formula is C23H25ClN6O2. The topological polar surface area (TPSA) is 112 Å². The van der Waals surface area contributed by atoms with Gasteiger partial charge in [0.2, 0.25) is 0 Å². The van der Waals surface area contributed by atoms with E-state index in [0.717, 1.165) is 22.4 Å². The van der Waals surface area contributed by atoms with Crippen molar-refractivity contribution in [3.63, 3.8) is 0 Å². The van der Waals surface area contributed by atoms with Crippen LogP contribution in [0.5, 0.6) is 0 Å². The molecule has 1 aliphatic heterocycles. The summed E-state index contributed by atoms with van der Waals surface area (Å²) in [6, 6.07) is 12.8. The summed E-state index contributed by atoms with van der Waals surface area (Å²) in [4.78, 5) is 30.3. The van der Waals surface area contributed by atoms with Crippen LogP contribution in [0.2, 0.25) is 0 Å². The lowest BCUT2D eigenvalue weighted by atomic mass is 10.0. The number of nitrogens with zero attached hydrogens (tertiary/aromatic N) is 2. The average Bonchev–Trinajstić information content (AvgIpc) is 3.35. The normalized spacial score (nSPS) is 13.5. The molecule has 4 N–H and O–H groups in total. The number of nitrogens with one attached hydrogen (secondary N) is 4. The minimum absolute atomic E-state index is 0.131. The van der Waals surface area contributed by atoms with Crippen LogP contribution in [0.15, 0.2) is 42.5 Å². The first-order chi connectivity index (χ1) is 15.5. The number of carbonyl (C=O) groups is 2. The Morgan fingerprint density at radius 1 is 1.28 bits per heavy atom. The van der Waals surface area contributed by atoms with Crippen molar-refractivity contribution in [1.29, 1.82) is 5.41 Å². The molecule has 3 aromatic rings. The van der Waals surface area contributed by atoms with Gasteiger partial charge in [-0.1, -0.05) is 24.3 Å². The zero-order valence-electron chi connectivity index (χ0n) is 17.7. The van der Waals surface area contributed by atoms with Gasteiger partial charge in [0.25, 0.3) is 11.8 Å². The Kier molecular flexibility index (Phi) is 6.41. The lowest BCUT2D eigenvalue weighted by Gasteiger charge is -2.20. The van der Waals surface area contributed by atoms with Crippen LogP contribution < -0.4 is 16.0 Å². The van der Waals surface area contributed by atoms with E-state index in [2.05, 4.69) is 16.0 Å². The molecule has 166 valence electrons. The molecule has 32 heavy (non-hydrogen) atoms. The number of alkyl halides is 1. The highest BCUT2D eigenvalue weighted by molar-refractivity contribution is 6.27. The summed E-state index contributed by atoms with van der Waals surface area (Å²) in [6.45, 7) is 0.993. The van der Waals surface area contributed by atoms with Crippen LogP contribution in [0.1, 0.15) is 51.0 Å². The van der Waals surface area contributed by atoms with Gasteiger partial charge in [0.1, 0.15) is 11.7 Å². The second-order valence-corrected chi connectivity index (χ2v) is 8.01. The summed E-state index contributed by atoms with van der Waals surface area (Å²) in [5.41, 5.74) is 3.45. The van der Waals surface area contributed by atoms with Crippen molar-refractivity contribution in [2.24, 2.45) is 7.05 Å². The van der Waals surface area contributed by atoms with Gasteiger partial charge < -0.3 is 20.5 Å². The molecule has 0 fully saturated rings. The van der Waals surface area contributed by atoms with Gasteiger partial charge in [0.05, 0.1) is 34.1 Å². The molecule has 2 aromatic carbocycles. The van der Waals surface area contributed by atoms with Gasteiger partial charge in [-0.15, -0.1) is 11.6 Å². The van der Waals surface area contributed by atoms with E-state index in [9.17, 15) is 9.59 Å². The number of aromatic nitrogens is 2. The van der Waals surface area contributed by atoms with E-state index in [4.69, 9.17) is 22.0 Å². The number of carbonyl (C=O) groups excluding carboxylic acids is 2. The number of rotatable bonds is 8. The molecular weight excluding hydrogens is 428 g/mol. The van der Waals surface area contributed by atoms with E-state index in [1.807, 2.05) is 41.9 Å². The number of amides is 2. The molecule has 8 nitrogen and oxygen atoms in total. The highest BCUT2D eigenvalue weighted by Crippen LogP contribution is 2.25. The van der Waals surface area contributed by atoms with Crippen molar-refractivity contribution in [3.8, 4) is 0 Å². The van der Waals surface area contributed by atoms with Crippen LogP contribution in [0.25, 0.3) is 11.0 Å². The minimum Gasteiger partial charge on any atom is -0.373 e. The molecule has 0 saturated heterocycles. The number of halogens is 1. The Morgan fingerprint density at radius 2 is 2.09 bits per heavy atom. The first-order valence-electron chi connectivity index (χ1n) is 10.5. The Balaban J connectivity index is 1.60. The molecule has 1 aromatic heterocycles. The molecule has 0 radical (unpaired) electrons. The number of para-hydroxylation sites is 2. The summed E-state index contributed by atoms with van der Waals surface area (Å²) < 4.78 is 1.98. The summed E-state index contributed by atoms with van der Waals surface area (Å²) >= 11 is 5.66. The van der Waals surface area contributed by atoms with Gasteiger partial charge in [-0.3, -0.25) is 15.0 Å². The van der Waals surface area contributed by atoms with E-state index >= 15 is 0 Å². The van der Waals surface area contributed by atoms with E-state index in [-0.39, 0.29) is 29.6 Å². The lowest BCUT2D eigenvalue weighted by Crippen LogP contribution is -2.32. The van der Waals surface area contributed by atoms with Crippen LogP contribution in [0.4, 0.5) is 0 Å². The number of hydrogen-bond acceptors (Lipinski definition) is 4. The maximum absolute atomic E-state index is 13.3. The molecule has 1 aliphatic rings. The predicted octanol–water partition coefficient (Wildman–Crippen LogP) is 2.87. The number of amidine groups is 1. The van der Waals surface area contributed by atoms with E-state index in [1.54, 1.807) is 12.1 Å². The zero-order valence-corrected chi connectivity index (χ0v) is 18.5. The maximum Gasteiger partial charge on any atom is 0.252 e. The van der Waals surface area contributed by atoms with Crippen LogP contribution >= 0.6 is 11.6 Å². The van der Waals surface area contributed by atoms with Crippen molar-refractivity contribution < 1.29 is 9.59 Å². The largest absolute Gasteiger partial charge is 0.373 e. The molecule has 0 aliphatic carbocycles. The van der Waals surface area contributed by atoms with Gasteiger partial charge in [-0.05, 0) is 36.6 Å². The van der Waals surface area contributed by atoms with Gasteiger partial charge in [-0.25, -0.2) is 4.98 Å². The molecule has 4 rings (SSSR count). The van der Waals surface area contributed by atoms with Gasteiger partial charge in [0.15, 0.2) is 0 Å². The standard InChI is InChI=1S/C23H25ClN6O2/c1-30-18-10-3-2-8-16(18)28-21(30)17(9-5-11-26-19(25)12-24)29-22(31)15-7-4-6-14-13-27-23(32)20(14)15/h2-4,6-8,10,17H,5,9,11-13H2,1H3,(H2,25,26)(H,27,32)(H,29,31). The lowest BCUT2D eigenvalue weighted by molar-refractivity contribution is 0.0912. The Bertz CT molecular complexity index is 1190. The molecule has 9 heteroatoms. The van der Waals surface area contributed by atoms with Crippen LogP contribution in [-0.2, 0) is 13.6 Å². The van der Waals surface area contributed by atoms with Crippen LogP contribution in [0, 0.1) is 5.41 Å². The number of hydrogen-bond donors (Lipinski definition) is 4. The van der Waals surface area contributed by atoms with Crippen LogP contribution in [-0.4, -0.2) is 39.6 Å². The number of aryl methyl sites for hydroxylation is 1. The van der Waals surface area contributed by atoms with Gasteiger partial charge in [0, 0.05) is 20.1 Å².